The molecule has 3 heterocycles. The SMILES string of the molecule is Cc1ccc(COc2ccc(C3COc4cc5c(cc4O3)CN(Cc3sc(N)nc3C)C(C(=O)NCCc3ccc(-c4ccc(C#N)cc4)cc3)C5)cc2)cc1Cl. The number of hydrogen-bond acceptors (Lipinski definition) is 9. The van der Waals surface area contributed by atoms with Gasteiger partial charge in [-0.1, -0.05) is 72.3 Å². The van der Waals surface area contributed by atoms with Crippen molar-refractivity contribution in [1.29, 1.82) is 5.26 Å². The summed E-state index contributed by atoms with van der Waals surface area (Å²) in [5.41, 5.74) is 16.1. The highest BCUT2D eigenvalue weighted by Crippen LogP contribution is 2.41. The molecule has 6 aromatic rings. The van der Waals surface area contributed by atoms with Gasteiger partial charge in [0.05, 0.1) is 23.4 Å². The lowest BCUT2D eigenvalue weighted by molar-refractivity contribution is -0.127. The number of aromatic nitrogens is 1. The summed E-state index contributed by atoms with van der Waals surface area (Å²) in [6, 6.07) is 35.6. The summed E-state index contributed by atoms with van der Waals surface area (Å²) in [7, 11) is 0. The molecule has 2 atom stereocenters. The van der Waals surface area contributed by atoms with Gasteiger partial charge in [0.15, 0.2) is 22.7 Å². The predicted octanol–water partition coefficient (Wildman–Crippen LogP) is 8.91. The van der Waals surface area contributed by atoms with Crippen LogP contribution in [-0.4, -0.2) is 35.0 Å². The van der Waals surface area contributed by atoms with Gasteiger partial charge in [0.2, 0.25) is 5.91 Å². The van der Waals surface area contributed by atoms with E-state index in [0.29, 0.717) is 67.9 Å². The van der Waals surface area contributed by atoms with Crippen LogP contribution in [0.2, 0.25) is 5.02 Å². The second-order valence-corrected chi connectivity index (χ2v) is 16.1. The van der Waals surface area contributed by atoms with Crippen LogP contribution in [0.25, 0.3) is 11.1 Å². The number of nitriles is 1. The van der Waals surface area contributed by atoms with Gasteiger partial charge in [0.25, 0.3) is 0 Å². The number of halogens is 1. The van der Waals surface area contributed by atoms with Crippen LogP contribution < -0.4 is 25.3 Å². The minimum Gasteiger partial charge on any atom is -0.489 e. The van der Waals surface area contributed by atoms with Crippen LogP contribution in [0.15, 0.2) is 103 Å². The fraction of sp³-hybridized carbons (Fsp3) is 0.239. The Morgan fingerprint density at radius 1 is 0.965 bits per heavy atom. The summed E-state index contributed by atoms with van der Waals surface area (Å²) in [5, 5.41) is 13.6. The average Bonchev–Trinajstić information content (AvgIpc) is 3.55. The van der Waals surface area contributed by atoms with Crippen molar-refractivity contribution in [2.24, 2.45) is 0 Å². The number of aryl methyl sites for hydroxylation is 2. The van der Waals surface area contributed by atoms with Crippen molar-refractivity contribution in [2.45, 2.75) is 58.5 Å². The number of nitrogens with one attached hydrogen (secondary N) is 1. The number of hydrogen-bond donors (Lipinski definition) is 2. The molecule has 2 aliphatic heterocycles. The molecule has 0 spiro atoms. The van der Waals surface area contributed by atoms with E-state index in [4.69, 9.17) is 36.8 Å². The Bertz CT molecular complexity index is 2440. The Kier molecular flexibility index (Phi) is 11.1. The topological polar surface area (TPSA) is 123 Å². The molecule has 1 amide bonds. The smallest absolute Gasteiger partial charge is 0.237 e. The van der Waals surface area contributed by atoms with E-state index in [-0.39, 0.29) is 12.0 Å². The first-order valence-electron chi connectivity index (χ1n) is 18.9. The van der Waals surface area contributed by atoms with E-state index in [1.807, 2.05) is 86.6 Å². The molecule has 288 valence electrons. The van der Waals surface area contributed by atoms with Crippen molar-refractivity contribution < 1.29 is 19.0 Å². The van der Waals surface area contributed by atoms with Crippen LogP contribution in [-0.2, 0) is 37.3 Å². The summed E-state index contributed by atoms with van der Waals surface area (Å²) >= 11 is 7.75. The lowest BCUT2D eigenvalue weighted by Crippen LogP contribution is -2.50. The molecular formula is C46H42ClN5O4S. The first kappa shape index (κ1) is 38.0. The normalized spacial score (nSPS) is 16.0. The summed E-state index contributed by atoms with van der Waals surface area (Å²) in [6.45, 7) is 6.35. The van der Waals surface area contributed by atoms with Crippen molar-refractivity contribution in [3.05, 3.63) is 158 Å². The van der Waals surface area contributed by atoms with Gasteiger partial charge in [-0.25, -0.2) is 4.98 Å². The predicted molar refractivity (Wildman–Crippen MR) is 224 cm³/mol. The molecule has 11 heteroatoms. The van der Waals surface area contributed by atoms with E-state index in [1.165, 1.54) is 11.3 Å². The highest BCUT2D eigenvalue weighted by molar-refractivity contribution is 7.15. The molecule has 0 aliphatic carbocycles. The number of nitrogens with zero attached hydrogens (tertiary/aromatic N) is 3. The molecule has 9 nitrogen and oxygen atoms in total. The number of rotatable bonds is 11. The minimum atomic E-state index is -0.391. The maximum Gasteiger partial charge on any atom is 0.237 e. The van der Waals surface area contributed by atoms with E-state index in [2.05, 4.69) is 51.6 Å². The third-order valence-corrected chi connectivity index (χ3v) is 12.0. The number of carbonyl (C=O) groups excluding carboxylic acids is 1. The van der Waals surface area contributed by atoms with Crippen molar-refractivity contribution >= 4 is 34.0 Å². The third-order valence-electron chi connectivity index (χ3n) is 10.6. The van der Waals surface area contributed by atoms with Crippen LogP contribution in [0.1, 0.15) is 55.6 Å². The molecule has 0 saturated carbocycles. The van der Waals surface area contributed by atoms with Gasteiger partial charge in [0, 0.05) is 29.5 Å². The van der Waals surface area contributed by atoms with Crippen molar-refractivity contribution in [3.63, 3.8) is 0 Å². The number of anilines is 1. The second-order valence-electron chi connectivity index (χ2n) is 14.5. The molecule has 0 fully saturated rings. The van der Waals surface area contributed by atoms with E-state index in [9.17, 15) is 4.79 Å². The zero-order chi connectivity index (χ0) is 39.5. The maximum absolute atomic E-state index is 13.9. The molecule has 8 rings (SSSR count). The number of nitrogens with two attached hydrogens (primary N) is 1. The molecule has 1 aromatic heterocycles. The van der Waals surface area contributed by atoms with Crippen LogP contribution in [0.5, 0.6) is 17.2 Å². The minimum absolute atomic E-state index is 0.0185. The lowest BCUT2D eigenvalue weighted by atomic mass is 9.92. The number of fused-ring (bicyclic) bond motifs is 2. The first-order valence-corrected chi connectivity index (χ1v) is 20.1. The fourth-order valence-electron chi connectivity index (χ4n) is 7.30. The number of benzene rings is 5. The second kappa shape index (κ2) is 16.7. The Labute approximate surface area is 341 Å². The van der Waals surface area contributed by atoms with Crippen LogP contribution in [0.4, 0.5) is 5.13 Å². The van der Waals surface area contributed by atoms with Gasteiger partial charge < -0.3 is 25.3 Å². The van der Waals surface area contributed by atoms with Crippen LogP contribution >= 0.6 is 22.9 Å². The average molecular weight is 796 g/mol. The highest BCUT2D eigenvalue weighted by atomic mass is 35.5. The van der Waals surface area contributed by atoms with Gasteiger partial charge in [-0.15, -0.1) is 11.3 Å². The molecule has 5 aromatic carbocycles. The largest absolute Gasteiger partial charge is 0.489 e. The number of ether oxygens (including phenoxy) is 3. The molecule has 3 N–H and O–H groups in total. The van der Waals surface area contributed by atoms with Gasteiger partial charge in [0.1, 0.15) is 19.0 Å². The number of nitrogen functional groups attached to an aromatic ring is 1. The first-order chi connectivity index (χ1) is 27.7. The molecule has 2 unspecified atom stereocenters. The van der Waals surface area contributed by atoms with Crippen LogP contribution in [0, 0.1) is 25.2 Å². The number of amides is 1. The van der Waals surface area contributed by atoms with Crippen LogP contribution in [0.3, 0.4) is 0 Å². The monoisotopic (exact) mass is 795 g/mol. The molecule has 2 aliphatic rings. The number of thiazole rings is 1. The van der Waals surface area contributed by atoms with Gasteiger partial charge in [-0.05, 0) is 114 Å². The van der Waals surface area contributed by atoms with Crippen molar-refractivity contribution in [1.82, 2.24) is 15.2 Å². The van der Waals surface area contributed by atoms with E-state index in [1.54, 1.807) is 0 Å². The Balaban J connectivity index is 0.927. The molecule has 0 radical (unpaired) electrons. The van der Waals surface area contributed by atoms with Gasteiger partial charge in [-0.2, -0.15) is 5.26 Å². The standard InChI is InChI=1S/C46H42ClN5O4S/c1-28-3-4-32(19-39(28)47)26-54-38-15-13-35(14-16-38)43-27-55-41-21-36-20-40(52(24-37(36)22-42(41)56-43)25-44-29(2)51-46(49)57-44)45(53)50-18-17-30-5-9-33(10-6-30)34-11-7-31(23-48)8-12-34/h3-16,19,21-22,40,43H,17-18,20,24-27H2,1-2H3,(H2,49,51)(H,50,53). The zero-order valence-electron chi connectivity index (χ0n) is 31.8. The van der Waals surface area contributed by atoms with Gasteiger partial charge >= 0.3 is 0 Å². The summed E-state index contributed by atoms with van der Waals surface area (Å²) < 4.78 is 18.9. The summed E-state index contributed by atoms with van der Waals surface area (Å²) in [4.78, 5) is 21.6. The number of carbonyl (C=O) groups is 1. The zero-order valence-corrected chi connectivity index (χ0v) is 33.3. The quantitative estimate of drug-likeness (QED) is 0.133. The van der Waals surface area contributed by atoms with E-state index in [0.717, 1.165) is 65.9 Å². The Hall–Kier alpha value is -5.86. The van der Waals surface area contributed by atoms with Crippen molar-refractivity contribution in [2.75, 3.05) is 18.9 Å². The highest BCUT2D eigenvalue weighted by Gasteiger charge is 2.34. The Morgan fingerprint density at radius 3 is 2.39 bits per heavy atom. The fourth-order valence-corrected chi connectivity index (χ4v) is 8.36. The molecule has 57 heavy (non-hydrogen) atoms. The van der Waals surface area contributed by atoms with E-state index >= 15 is 0 Å². The van der Waals surface area contributed by atoms with E-state index < -0.39 is 6.04 Å². The van der Waals surface area contributed by atoms with Gasteiger partial charge in [-0.3, -0.25) is 9.69 Å². The molecule has 0 bridgehead atoms. The third kappa shape index (κ3) is 8.76. The Morgan fingerprint density at radius 2 is 1.68 bits per heavy atom. The molecular weight excluding hydrogens is 754 g/mol. The maximum atomic E-state index is 13.9. The molecule has 0 saturated heterocycles. The van der Waals surface area contributed by atoms with Crippen molar-refractivity contribution in [3.8, 4) is 34.4 Å². The summed E-state index contributed by atoms with van der Waals surface area (Å²) in [6.07, 6.45) is 0.948. The lowest BCUT2D eigenvalue weighted by Gasteiger charge is -2.37. The summed E-state index contributed by atoms with van der Waals surface area (Å²) in [5.74, 6) is 2.11.